The number of aryl methyl sites for hydroxylation is 1. The molecule has 0 saturated heterocycles. The fraction of sp³-hybridized carbons (Fsp3) is 0.381. The van der Waals surface area contributed by atoms with Crippen LogP contribution in [0.4, 0.5) is 5.00 Å². The molecule has 0 radical (unpaired) electrons. The van der Waals surface area contributed by atoms with E-state index < -0.39 is 5.97 Å². The van der Waals surface area contributed by atoms with Crippen molar-refractivity contribution in [3.05, 3.63) is 51.4 Å². The average molecular weight is 388 g/mol. The van der Waals surface area contributed by atoms with E-state index in [1.807, 2.05) is 19.1 Å². The van der Waals surface area contributed by atoms with Crippen molar-refractivity contribution in [3.8, 4) is 0 Å². The number of ketones is 1. The molecule has 0 aliphatic carbocycles. The zero-order valence-electron chi connectivity index (χ0n) is 16.3. The smallest absolute Gasteiger partial charge is 0.341 e. The molecule has 1 amide bonds. The van der Waals surface area contributed by atoms with E-state index >= 15 is 0 Å². The third-order valence-corrected chi connectivity index (χ3v) is 5.75. The highest BCUT2D eigenvalue weighted by Gasteiger charge is 2.22. The van der Waals surface area contributed by atoms with Crippen LogP contribution in [0, 0.1) is 13.8 Å². The van der Waals surface area contributed by atoms with Gasteiger partial charge in [-0.2, -0.15) is 0 Å². The van der Waals surface area contributed by atoms with Crippen molar-refractivity contribution in [3.63, 3.8) is 0 Å². The number of rotatable bonds is 7. The molecule has 0 bridgehead atoms. The molecule has 0 unspecified atom stereocenters. The molecule has 6 heteroatoms. The van der Waals surface area contributed by atoms with Crippen LogP contribution in [0.25, 0.3) is 0 Å². The molecule has 0 fully saturated rings. The first-order valence-corrected chi connectivity index (χ1v) is 9.74. The van der Waals surface area contributed by atoms with E-state index in [2.05, 4.69) is 19.2 Å². The lowest BCUT2D eigenvalue weighted by atomic mass is 9.97. The Hall–Kier alpha value is -2.47. The van der Waals surface area contributed by atoms with Crippen molar-refractivity contribution in [2.75, 3.05) is 11.9 Å². The minimum absolute atomic E-state index is 0.260. The topological polar surface area (TPSA) is 72.5 Å². The summed E-state index contributed by atoms with van der Waals surface area (Å²) >= 11 is 1.32. The van der Waals surface area contributed by atoms with E-state index in [1.54, 1.807) is 19.1 Å². The lowest BCUT2D eigenvalue weighted by Crippen LogP contribution is -2.16. The van der Waals surface area contributed by atoms with Crippen LogP contribution >= 0.6 is 11.3 Å². The molecule has 0 aliphatic rings. The number of amides is 1. The molecular weight excluding hydrogens is 362 g/mol. The van der Waals surface area contributed by atoms with Crippen molar-refractivity contribution < 1.29 is 19.1 Å². The summed E-state index contributed by atoms with van der Waals surface area (Å²) in [7, 11) is 0. The first-order valence-electron chi connectivity index (χ1n) is 8.92. The zero-order chi connectivity index (χ0) is 20.1. The molecule has 0 saturated carbocycles. The van der Waals surface area contributed by atoms with Crippen molar-refractivity contribution in [1.29, 1.82) is 0 Å². The molecule has 2 rings (SSSR count). The summed E-state index contributed by atoms with van der Waals surface area (Å²) in [5.41, 5.74) is 2.75. The average Bonchev–Trinajstić information content (AvgIpc) is 2.91. The number of thiophene rings is 1. The number of Topliss-reactive ketones (excluding diaryl/α,β-unsaturated/α-hetero) is 1. The van der Waals surface area contributed by atoms with Crippen LogP contribution < -0.4 is 5.32 Å². The second-order valence-electron chi connectivity index (χ2n) is 6.60. The van der Waals surface area contributed by atoms with Gasteiger partial charge in [0.2, 0.25) is 5.91 Å². The quantitative estimate of drug-likeness (QED) is 0.543. The summed E-state index contributed by atoms with van der Waals surface area (Å²) in [6.45, 7) is 8.96. The fourth-order valence-electron chi connectivity index (χ4n) is 2.64. The van der Waals surface area contributed by atoms with E-state index in [9.17, 15) is 14.4 Å². The largest absolute Gasteiger partial charge is 0.454 e. The third kappa shape index (κ3) is 5.04. The molecule has 1 N–H and O–H groups in total. The first kappa shape index (κ1) is 20.8. The number of ether oxygens (including phenoxy) is 1. The van der Waals surface area contributed by atoms with Gasteiger partial charge in [-0.3, -0.25) is 9.59 Å². The standard InChI is InChI=1S/C21H25NO4S/c1-6-12(2)16-7-9-17(10-8-16)18(24)11-26-21(25)19-13(3)14(4)27-20(19)22-15(5)23/h7-10,12H,6,11H2,1-5H3,(H,22,23)/t12-/m0/s1. The van der Waals surface area contributed by atoms with Crippen molar-refractivity contribution in [2.24, 2.45) is 0 Å². The predicted molar refractivity (Wildman–Crippen MR) is 108 cm³/mol. The highest BCUT2D eigenvalue weighted by molar-refractivity contribution is 7.16. The molecule has 1 atom stereocenters. The number of esters is 1. The first-order chi connectivity index (χ1) is 12.7. The second-order valence-corrected chi connectivity index (χ2v) is 7.82. The van der Waals surface area contributed by atoms with Gasteiger partial charge in [-0.05, 0) is 37.3 Å². The summed E-state index contributed by atoms with van der Waals surface area (Å²) < 4.78 is 5.23. The Kier molecular flexibility index (Phi) is 6.91. The minimum Gasteiger partial charge on any atom is -0.454 e. The monoisotopic (exact) mass is 387 g/mol. The van der Waals surface area contributed by atoms with Gasteiger partial charge in [-0.25, -0.2) is 4.79 Å². The van der Waals surface area contributed by atoms with Gasteiger partial charge in [0.15, 0.2) is 12.4 Å². The minimum atomic E-state index is -0.606. The summed E-state index contributed by atoms with van der Waals surface area (Å²) in [5.74, 6) is -0.693. The number of carbonyl (C=O) groups excluding carboxylic acids is 3. The van der Waals surface area contributed by atoms with E-state index in [0.717, 1.165) is 16.9 Å². The van der Waals surface area contributed by atoms with Gasteiger partial charge in [-0.1, -0.05) is 38.1 Å². The van der Waals surface area contributed by atoms with Crippen LogP contribution in [0.3, 0.4) is 0 Å². The molecule has 5 nitrogen and oxygen atoms in total. The number of hydrogen-bond donors (Lipinski definition) is 1. The number of nitrogens with one attached hydrogen (secondary N) is 1. The maximum Gasteiger partial charge on any atom is 0.341 e. The SMILES string of the molecule is CC[C@H](C)c1ccc(C(=O)COC(=O)c2c(NC(C)=O)sc(C)c2C)cc1. The Morgan fingerprint density at radius 3 is 2.33 bits per heavy atom. The molecule has 1 heterocycles. The van der Waals surface area contributed by atoms with Crippen molar-refractivity contribution >= 4 is 34.0 Å². The molecule has 144 valence electrons. The molecule has 1 aromatic carbocycles. The molecule has 2 aromatic rings. The van der Waals surface area contributed by atoms with Crippen LogP contribution in [0.1, 0.15) is 69.8 Å². The van der Waals surface area contributed by atoms with E-state index in [1.165, 1.54) is 23.8 Å². The maximum atomic E-state index is 12.5. The van der Waals surface area contributed by atoms with Gasteiger partial charge in [0.1, 0.15) is 5.00 Å². The molecule has 0 spiro atoms. The maximum absolute atomic E-state index is 12.5. The normalized spacial score (nSPS) is 11.7. The molecule has 27 heavy (non-hydrogen) atoms. The van der Waals surface area contributed by atoms with Crippen LogP contribution in [0.2, 0.25) is 0 Å². The van der Waals surface area contributed by atoms with Crippen LogP contribution in [-0.4, -0.2) is 24.3 Å². The fourth-order valence-corrected chi connectivity index (χ4v) is 3.74. The van der Waals surface area contributed by atoms with E-state index in [4.69, 9.17) is 4.74 Å². The second kappa shape index (κ2) is 8.95. The van der Waals surface area contributed by atoms with Gasteiger partial charge in [0.05, 0.1) is 5.56 Å². The number of carbonyl (C=O) groups is 3. The predicted octanol–water partition coefficient (Wildman–Crippen LogP) is 4.88. The third-order valence-electron chi connectivity index (χ3n) is 4.63. The summed E-state index contributed by atoms with van der Waals surface area (Å²) in [6, 6.07) is 7.40. The molecule has 1 aromatic heterocycles. The highest BCUT2D eigenvalue weighted by atomic mass is 32.1. The summed E-state index contributed by atoms with van der Waals surface area (Å²) in [6.07, 6.45) is 1.03. The summed E-state index contributed by atoms with van der Waals surface area (Å²) in [4.78, 5) is 37.1. The Labute approximate surface area is 163 Å². The van der Waals surface area contributed by atoms with Gasteiger partial charge in [0, 0.05) is 17.4 Å². The molecular formula is C21H25NO4S. The van der Waals surface area contributed by atoms with Crippen LogP contribution in [0.15, 0.2) is 24.3 Å². The zero-order valence-corrected chi connectivity index (χ0v) is 17.2. The Morgan fingerprint density at radius 2 is 1.78 bits per heavy atom. The van der Waals surface area contributed by atoms with Gasteiger partial charge in [-0.15, -0.1) is 11.3 Å². The van der Waals surface area contributed by atoms with Gasteiger partial charge < -0.3 is 10.1 Å². The molecule has 0 aliphatic heterocycles. The van der Waals surface area contributed by atoms with Crippen LogP contribution in [-0.2, 0) is 9.53 Å². The number of hydrogen-bond acceptors (Lipinski definition) is 5. The summed E-state index contributed by atoms with van der Waals surface area (Å²) in [5, 5.41) is 3.10. The Balaban J connectivity index is 2.07. The van der Waals surface area contributed by atoms with Crippen molar-refractivity contribution in [1.82, 2.24) is 0 Å². The lowest BCUT2D eigenvalue weighted by Gasteiger charge is -2.10. The van der Waals surface area contributed by atoms with Crippen molar-refractivity contribution in [2.45, 2.75) is 47.0 Å². The van der Waals surface area contributed by atoms with E-state index in [-0.39, 0.29) is 18.3 Å². The van der Waals surface area contributed by atoms with Gasteiger partial charge in [0.25, 0.3) is 0 Å². The van der Waals surface area contributed by atoms with Crippen LogP contribution in [0.5, 0.6) is 0 Å². The Bertz CT molecular complexity index is 852. The number of anilines is 1. The van der Waals surface area contributed by atoms with E-state index in [0.29, 0.717) is 22.0 Å². The lowest BCUT2D eigenvalue weighted by molar-refractivity contribution is -0.114. The van der Waals surface area contributed by atoms with Gasteiger partial charge >= 0.3 is 5.97 Å². The number of benzene rings is 1. The highest BCUT2D eigenvalue weighted by Crippen LogP contribution is 2.33. The Morgan fingerprint density at radius 1 is 1.15 bits per heavy atom.